The van der Waals surface area contributed by atoms with Crippen LogP contribution in [0.5, 0.6) is 11.5 Å². The third-order valence-corrected chi connectivity index (χ3v) is 8.86. The molecule has 0 heterocycles. The minimum atomic E-state index is -1.52. The molecule has 2 aromatic carbocycles. The van der Waals surface area contributed by atoms with Crippen molar-refractivity contribution in [3.8, 4) is 11.5 Å². The normalized spacial score (nSPS) is 14.7. The number of phenols is 2. The van der Waals surface area contributed by atoms with Gasteiger partial charge in [-0.3, -0.25) is 19.2 Å². The van der Waals surface area contributed by atoms with Crippen molar-refractivity contribution in [1.29, 1.82) is 0 Å². The Morgan fingerprint density at radius 3 is 1.73 bits per heavy atom. The van der Waals surface area contributed by atoms with Gasteiger partial charge in [0.25, 0.3) is 5.91 Å². The third kappa shape index (κ3) is 14.5. The Hall–Kier alpha value is -4.69. The molecule has 6 unspecified atom stereocenters. The average Bonchev–Trinajstić information content (AvgIpc) is 3.10. The zero-order valence-corrected chi connectivity index (χ0v) is 30.9. The Bertz CT molecular complexity index is 1450. The summed E-state index contributed by atoms with van der Waals surface area (Å²) >= 11 is 0. The number of aliphatic hydroxyl groups is 1. The maximum atomic E-state index is 13.9. The first-order valence-corrected chi connectivity index (χ1v) is 17.9. The van der Waals surface area contributed by atoms with Gasteiger partial charge in [0.2, 0.25) is 17.7 Å². The molecule has 14 heteroatoms. The molecule has 2 rings (SSSR count). The van der Waals surface area contributed by atoms with Crippen LogP contribution in [0, 0.1) is 5.92 Å². The second-order valence-electron chi connectivity index (χ2n) is 13.8. The Morgan fingerprint density at radius 2 is 1.23 bits per heavy atom. The number of rotatable bonds is 22. The summed E-state index contributed by atoms with van der Waals surface area (Å²) in [5, 5.41) is 47.5. The van der Waals surface area contributed by atoms with Crippen molar-refractivity contribution < 1.29 is 44.4 Å². The van der Waals surface area contributed by atoms with Crippen LogP contribution in [-0.4, -0.2) is 98.3 Å². The monoisotopic (exact) mass is 727 g/mol. The van der Waals surface area contributed by atoms with Gasteiger partial charge in [-0.15, -0.1) is 0 Å². The molecule has 0 aliphatic carbocycles. The maximum absolute atomic E-state index is 13.9. The molecule has 2 aromatic rings. The van der Waals surface area contributed by atoms with Crippen molar-refractivity contribution in [2.75, 3.05) is 7.05 Å². The van der Waals surface area contributed by atoms with E-state index >= 15 is 0 Å². The van der Waals surface area contributed by atoms with E-state index in [0.717, 1.165) is 32.1 Å². The van der Waals surface area contributed by atoms with E-state index in [1.807, 2.05) is 13.8 Å². The molecule has 0 spiro atoms. The fraction of sp³-hybridized carbons (Fsp3) is 0.553. The molecule has 0 aliphatic heterocycles. The number of likely N-dealkylation sites (N-methyl/N-ethyl adjacent to an activating group) is 1. The van der Waals surface area contributed by atoms with Crippen LogP contribution in [0.2, 0.25) is 0 Å². The van der Waals surface area contributed by atoms with Crippen LogP contribution in [0.4, 0.5) is 0 Å². The molecule has 0 aromatic heterocycles. The Balaban J connectivity index is 2.23. The van der Waals surface area contributed by atoms with E-state index in [0.29, 0.717) is 17.5 Å². The lowest BCUT2D eigenvalue weighted by molar-refractivity contribution is -0.144. The SMILES string of the molecule is CCCCCCCC(N)C(O)C(=O)NC(C)C(=O)N(C)C(CC(C)C)C(=O)NC(Cc1ccc(O)cc1)C(=O)NC(Cc1ccc(O)cc1)C(=O)O. The topological polar surface area (TPSA) is 232 Å². The molecule has 0 fully saturated rings. The van der Waals surface area contributed by atoms with Gasteiger partial charge in [-0.1, -0.05) is 77.1 Å². The van der Waals surface area contributed by atoms with Gasteiger partial charge in [-0.25, -0.2) is 4.79 Å². The lowest BCUT2D eigenvalue weighted by Crippen LogP contribution is -2.59. The van der Waals surface area contributed by atoms with Crippen LogP contribution in [0.25, 0.3) is 0 Å². The van der Waals surface area contributed by atoms with Gasteiger partial charge in [-0.05, 0) is 61.1 Å². The van der Waals surface area contributed by atoms with Gasteiger partial charge >= 0.3 is 5.97 Å². The molecular formula is C38H57N5O9. The number of carboxylic acids is 1. The summed E-state index contributed by atoms with van der Waals surface area (Å²) < 4.78 is 0. The number of nitrogens with one attached hydrogen (secondary N) is 3. The van der Waals surface area contributed by atoms with E-state index in [1.165, 1.54) is 55.3 Å². The van der Waals surface area contributed by atoms with Gasteiger partial charge < -0.3 is 47.0 Å². The van der Waals surface area contributed by atoms with Crippen LogP contribution >= 0.6 is 0 Å². The van der Waals surface area contributed by atoms with Gasteiger partial charge in [0, 0.05) is 25.9 Å². The Kier molecular flexibility index (Phi) is 18.1. The van der Waals surface area contributed by atoms with E-state index in [9.17, 15) is 44.4 Å². The molecule has 288 valence electrons. The quantitative estimate of drug-likeness (QED) is 0.0826. The summed E-state index contributed by atoms with van der Waals surface area (Å²) in [6, 6.07) is 6.13. The second kappa shape index (κ2) is 21.6. The highest BCUT2D eigenvalue weighted by Crippen LogP contribution is 2.17. The number of hydrogen-bond donors (Lipinski definition) is 8. The number of aromatic hydroxyl groups is 2. The van der Waals surface area contributed by atoms with E-state index < -0.39 is 65.9 Å². The number of aliphatic hydroxyl groups excluding tert-OH is 1. The number of hydrogen-bond acceptors (Lipinski definition) is 9. The molecule has 52 heavy (non-hydrogen) atoms. The maximum Gasteiger partial charge on any atom is 0.326 e. The van der Waals surface area contributed by atoms with Crippen molar-refractivity contribution in [3.05, 3.63) is 59.7 Å². The number of benzene rings is 2. The number of phenolic OH excluding ortho intramolecular Hbond substituents is 2. The zero-order chi connectivity index (χ0) is 39.0. The summed E-state index contributed by atoms with van der Waals surface area (Å²) in [6.45, 7) is 7.25. The molecule has 9 N–H and O–H groups in total. The molecule has 0 saturated carbocycles. The highest BCUT2D eigenvalue weighted by molar-refractivity contribution is 5.95. The van der Waals surface area contributed by atoms with Gasteiger partial charge in [0.15, 0.2) is 0 Å². The number of nitrogens with zero attached hydrogens (tertiary/aromatic N) is 1. The first kappa shape index (κ1) is 43.5. The molecule has 0 aliphatic rings. The van der Waals surface area contributed by atoms with Gasteiger partial charge in [0.05, 0.1) is 0 Å². The molecule has 4 amide bonds. The zero-order valence-electron chi connectivity index (χ0n) is 30.9. The predicted octanol–water partition coefficient (Wildman–Crippen LogP) is 2.36. The number of carboxylic acid groups (broad SMARTS) is 1. The standard InChI is InChI=1S/C38H57N5O9/c1-6-7-8-9-10-11-29(39)33(46)36(49)40-24(4)37(50)43(5)32(20-23(2)3)35(48)41-30(21-25-12-16-27(44)17-13-25)34(47)42-31(38(51)52)22-26-14-18-28(45)19-15-26/h12-19,23-24,29-33,44-46H,6-11,20-22,39H2,1-5H3,(H,40,49)(H,41,48)(H,42,47)(H,51,52). The number of aliphatic carboxylic acids is 1. The average molecular weight is 728 g/mol. The number of carbonyl (C=O) groups excluding carboxylic acids is 4. The number of amides is 4. The minimum absolute atomic E-state index is 0.00204. The van der Waals surface area contributed by atoms with Gasteiger partial charge in [-0.2, -0.15) is 0 Å². The lowest BCUT2D eigenvalue weighted by Gasteiger charge is -2.32. The van der Waals surface area contributed by atoms with E-state index in [-0.39, 0.29) is 36.7 Å². The largest absolute Gasteiger partial charge is 0.508 e. The number of carbonyl (C=O) groups is 5. The Morgan fingerprint density at radius 1 is 0.731 bits per heavy atom. The van der Waals surface area contributed by atoms with E-state index in [1.54, 1.807) is 12.1 Å². The van der Waals surface area contributed by atoms with Crippen LogP contribution in [0.3, 0.4) is 0 Å². The summed E-state index contributed by atoms with van der Waals surface area (Å²) in [5.41, 5.74) is 7.16. The summed E-state index contributed by atoms with van der Waals surface area (Å²) in [5.74, 6) is -4.30. The van der Waals surface area contributed by atoms with Crippen molar-refractivity contribution in [1.82, 2.24) is 20.9 Å². The highest BCUT2D eigenvalue weighted by Gasteiger charge is 2.35. The Labute approximate surface area is 306 Å². The molecule has 0 bridgehead atoms. The van der Waals surface area contributed by atoms with Crippen molar-refractivity contribution >= 4 is 29.6 Å². The van der Waals surface area contributed by atoms with Crippen LogP contribution in [0.15, 0.2) is 48.5 Å². The van der Waals surface area contributed by atoms with Crippen molar-refractivity contribution in [2.24, 2.45) is 11.7 Å². The van der Waals surface area contributed by atoms with Crippen LogP contribution in [-0.2, 0) is 36.8 Å². The lowest BCUT2D eigenvalue weighted by atomic mass is 9.99. The number of nitrogens with two attached hydrogens (primary N) is 1. The summed E-state index contributed by atoms with van der Waals surface area (Å²) in [6.07, 6.45) is 3.86. The third-order valence-electron chi connectivity index (χ3n) is 8.86. The summed E-state index contributed by atoms with van der Waals surface area (Å²) in [7, 11) is 1.41. The first-order valence-electron chi connectivity index (χ1n) is 17.9. The minimum Gasteiger partial charge on any atom is -0.508 e. The van der Waals surface area contributed by atoms with E-state index in [2.05, 4.69) is 22.9 Å². The molecule has 6 atom stereocenters. The second-order valence-corrected chi connectivity index (χ2v) is 13.8. The highest BCUT2D eigenvalue weighted by atomic mass is 16.4. The fourth-order valence-corrected chi connectivity index (χ4v) is 5.73. The summed E-state index contributed by atoms with van der Waals surface area (Å²) in [4.78, 5) is 67.3. The van der Waals surface area contributed by atoms with E-state index in [4.69, 9.17) is 5.73 Å². The molecular weight excluding hydrogens is 670 g/mol. The van der Waals surface area contributed by atoms with Crippen molar-refractivity contribution in [3.63, 3.8) is 0 Å². The molecule has 14 nitrogen and oxygen atoms in total. The molecule has 0 saturated heterocycles. The van der Waals surface area contributed by atoms with Gasteiger partial charge in [0.1, 0.15) is 41.8 Å². The number of unbranched alkanes of at least 4 members (excludes halogenated alkanes) is 4. The molecule has 0 radical (unpaired) electrons. The van der Waals surface area contributed by atoms with Crippen LogP contribution < -0.4 is 21.7 Å². The predicted molar refractivity (Wildman–Crippen MR) is 196 cm³/mol. The first-order chi connectivity index (χ1) is 24.5. The fourth-order valence-electron chi connectivity index (χ4n) is 5.73. The smallest absolute Gasteiger partial charge is 0.326 e. The van der Waals surface area contributed by atoms with Crippen LogP contribution in [0.1, 0.15) is 83.8 Å². The van der Waals surface area contributed by atoms with Crippen molar-refractivity contribution in [2.45, 2.75) is 122 Å².